The lowest BCUT2D eigenvalue weighted by molar-refractivity contribution is -0.113. The highest BCUT2D eigenvalue weighted by Crippen LogP contribution is 2.32. The van der Waals surface area contributed by atoms with Gasteiger partial charge in [-0.15, -0.1) is 0 Å². The Labute approximate surface area is 273 Å². The molecule has 0 bridgehead atoms. The van der Waals surface area contributed by atoms with E-state index in [0.29, 0.717) is 40.7 Å². The van der Waals surface area contributed by atoms with E-state index in [2.05, 4.69) is 11.9 Å². The number of rotatable bonds is 18. The fraction of sp³-hybridized carbons (Fsp3) is 0.351. The monoisotopic (exact) mass is 646 g/mol. The highest BCUT2D eigenvalue weighted by atomic mass is 32.2. The molecule has 0 radical (unpaired) electrons. The quantitative estimate of drug-likeness (QED) is 0.0813. The number of aromatic nitrogens is 2. The van der Waals surface area contributed by atoms with Crippen molar-refractivity contribution in [3.8, 4) is 22.6 Å². The molecule has 0 aliphatic carbocycles. The molecule has 0 saturated heterocycles. The second-order valence-corrected chi connectivity index (χ2v) is 12.3. The zero-order valence-corrected chi connectivity index (χ0v) is 27.9. The van der Waals surface area contributed by atoms with Gasteiger partial charge >= 0.3 is 0 Å². The molecule has 0 saturated carbocycles. The minimum Gasteiger partial charge on any atom is -0.491 e. The maximum absolute atomic E-state index is 15.2. The SMILES string of the molecule is CCCCOCCOc1ccc(-c2cc(F)c(OCC)c(/C=C/C(=O)Cc3ccc([S@@](=O)Cc4c(C)ncn4CC)cc3)c2)cc1. The predicted octanol–water partition coefficient (Wildman–Crippen LogP) is 7.74. The molecule has 9 heteroatoms. The van der Waals surface area contributed by atoms with E-state index in [0.717, 1.165) is 48.5 Å². The van der Waals surface area contributed by atoms with Crippen LogP contribution in [0, 0.1) is 12.7 Å². The molecule has 7 nitrogen and oxygen atoms in total. The standard InChI is InChI=1S/C37H43FN2O5S/c1-5-8-19-43-20-21-45-33-15-12-29(13-16-33)31-23-30(37(44-7-3)35(38)24-31)11-14-32(41)22-28-9-17-34(18-10-28)46(42)25-36-27(4)39-26-40(36)6-2/h9-18,23-24,26H,5-8,19-22,25H2,1-4H3/b14-11+/t46-/m0/s1. The summed E-state index contributed by atoms with van der Waals surface area (Å²) >= 11 is 0. The summed E-state index contributed by atoms with van der Waals surface area (Å²) in [5, 5.41) is 0. The van der Waals surface area contributed by atoms with Crippen molar-refractivity contribution in [2.45, 2.75) is 64.2 Å². The van der Waals surface area contributed by atoms with Crippen LogP contribution in [0.1, 0.15) is 56.1 Å². The topological polar surface area (TPSA) is 79.7 Å². The van der Waals surface area contributed by atoms with E-state index in [4.69, 9.17) is 14.2 Å². The first kappa shape index (κ1) is 34.8. The van der Waals surface area contributed by atoms with Gasteiger partial charge in [0.25, 0.3) is 0 Å². The average molecular weight is 647 g/mol. The van der Waals surface area contributed by atoms with Gasteiger partial charge in [0.2, 0.25) is 0 Å². The van der Waals surface area contributed by atoms with Crippen LogP contribution in [0.2, 0.25) is 0 Å². The molecular formula is C37H43FN2O5S. The van der Waals surface area contributed by atoms with E-state index >= 15 is 4.39 Å². The van der Waals surface area contributed by atoms with Gasteiger partial charge in [0.1, 0.15) is 12.4 Å². The first-order valence-corrected chi connectivity index (χ1v) is 17.1. The highest BCUT2D eigenvalue weighted by molar-refractivity contribution is 7.84. The number of unbranched alkanes of at least 4 members (excludes halogenated alkanes) is 1. The number of hydrogen-bond acceptors (Lipinski definition) is 6. The van der Waals surface area contributed by atoms with E-state index in [1.807, 2.05) is 60.9 Å². The van der Waals surface area contributed by atoms with Crippen LogP contribution in [-0.4, -0.2) is 46.0 Å². The maximum Gasteiger partial charge on any atom is 0.166 e. The summed E-state index contributed by atoms with van der Waals surface area (Å²) in [6.45, 7) is 10.6. The molecule has 3 aromatic carbocycles. The minimum atomic E-state index is -1.24. The molecule has 1 atom stereocenters. The molecular weight excluding hydrogens is 603 g/mol. The smallest absolute Gasteiger partial charge is 0.166 e. The Bertz CT molecular complexity index is 1630. The lowest BCUT2D eigenvalue weighted by Crippen LogP contribution is -2.07. The number of halogens is 1. The van der Waals surface area contributed by atoms with Crippen molar-refractivity contribution in [2.75, 3.05) is 26.4 Å². The Morgan fingerprint density at radius 1 is 0.957 bits per heavy atom. The number of imidazole rings is 1. The first-order valence-electron chi connectivity index (χ1n) is 15.8. The minimum absolute atomic E-state index is 0.102. The number of nitrogens with zero attached hydrogens (tertiary/aromatic N) is 2. The predicted molar refractivity (Wildman–Crippen MR) is 181 cm³/mol. The van der Waals surface area contributed by atoms with Gasteiger partial charge < -0.3 is 18.8 Å². The Balaban J connectivity index is 1.40. The average Bonchev–Trinajstić information content (AvgIpc) is 3.41. The Morgan fingerprint density at radius 3 is 2.41 bits per heavy atom. The number of benzene rings is 3. The Kier molecular flexibility index (Phi) is 13.3. The van der Waals surface area contributed by atoms with Gasteiger partial charge in [-0.25, -0.2) is 9.37 Å². The van der Waals surface area contributed by atoms with E-state index in [-0.39, 0.29) is 24.6 Å². The Hall–Kier alpha value is -4.08. The van der Waals surface area contributed by atoms with E-state index < -0.39 is 16.6 Å². The van der Waals surface area contributed by atoms with Gasteiger partial charge in [0, 0.05) is 30.0 Å². The molecule has 0 amide bonds. The lowest BCUT2D eigenvalue weighted by Gasteiger charge is -2.12. The van der Waals surface area contributed by atoms with E-state index in [1.54, 1.807) is 31.5 Å². The maximum atomic E-state index is 15.2. The van der Waals surface area contributed by atoms with Crippen molar-refractivity contribution >= 4 is 22.7 Å². The van der Waals surface area contributed by atoms with Gasteiger partial charge in [0.05, 0.1) is 47.5 Å². The zero-order valence-electron chi connectivity index (χ0n) is 27.1. The summed E-state index contributed by atoms with van der Waals surface area (Å²) in [7, 11) is -1.24. The Morgan fingerprint density at radius 2 is 1.72 bits per heavy atom. The summed E-state index contributed by atoms with van der Waals surface area (Å²) < 4.78 is 47.1. The molecule has 4 aromatic rings. The number of ether oxygens (including phenoxy) is 3. The third-order valence-electron chi connectivity index (χ3n) is 7.46. The number of aryl methyl sites for hydroxylation is 2. The molecule has 1 heterocycles. The van der Waals surface area contributed by atoms with Crippen molar-refractivity contribution in [1.82, 2.24) is 9.55 Å². The summed E-state index contributed by atoms with van der Waals surface area (Å²) in [5.41, 5.74) is 4.57. The van der Waals surface area contributed by atoms with Crippen molar-refractivity contribution in [3.63, 3.8) is 0 Å². The van der Waals surface area contributed by atoms with E-state index in [1.165, 1.54) is 12.1 Å². The van der Waals surface area contributed by atoms with Gasteiger partial charge in [0.15, 0.2) is 17.3 Å². The van der Waals surface area contributed by atoms with Crippen LogP contribution in [0.4, 0.5) is 4.39 Å². The third kappa shape index (κ3) is 9.71. The van der Waals surface area contributed by atoms with Gasteiger partial charge in [-0.1, -0.05) is 37.6 Å². The van der Waals surface area contributed by atoms with Crippen LogP contribution in [0.15, 0.2) is 78.0 Å². The molecule has 0 fully saturated rings. The van der Waals surface area contributed by atoms with Crippen LogP contribution in [-0.2, 0) is 39.0 Å². The van der Waals surface area contributed by atoms with Crippen molar-refractivity contribution in [2.24, 2.45) is 0 Å². The number of allylic oxidation sites excluding steroid dienone is 1. The summed E-state index contributed by atoms with van der Waals surface area (Å²) in [6.07, 6.45) is 7.09. The highest BCUT2D eigenvalue weighted by Gasteiger charge is 2.14. The molecule has 1 aromatic heterocycles. The van der Waals surface area contributed by atoms with Gasteiger partial charge in [-0.2, -0.15) is 0 Å². The fourth-order valence-corrected chi connectivity index (χ4v) is 6.12. The third-order valence-corrected chi connectivity index (χ3v) is 8.80. The molecule has 0 aliphatic heterocycles. The molecule has 0 unspecified atom stereocenters. The number of carbonyl (C=O) groups excluding carboxylic acids is 1. The lowest BCUT2D eigenvalue weighted by atomic mass is 10.0. The molecule has 0 spiro atoms. The van der Waals surface area contributed by atoms with E-state index in [9.17, 15) is 9.00 Å². The summed E-state index contributed by atoms with van der Waals surface area (Å²) in [6, 6.07) is 17.9. The molecule has 0 aliphatic rings. The van der Waals surface area contributed by atoms with Crippen LogP contribution >= 0.6 is 0 Å². The fourth-order valence-electron chi connectivity index (χ4n) is 4.89. The zero-order chi connectivity index (χ0) is 32.9. The molecule has 0 N–H and O–H groups in total. The number of carbonyl (C=O) groups is 1. The first-order chi connectivity index (χ1) is 22.3. The second kappa shape index (κ2) is 17.6. The second-order valence-electron chi connectivity index (χ2n) is 10.8. The van der Waals surface area contributed by atoms with Gasteiger partial charge in [-0.3, -0.25) is 9.00 Å². The normalized spacial score (nSPS) is 12.0. The van der Waals surface area contributed by atoms with Crippen LogP contribution in [0.5, 0.6) is 11.5 Å². The molecule has 244 valence electrons. The van der Waals surface area contributed by atoms with Crippen LogP contribution in [0.3, 0.4) is 0 Å². The summed E-state index contributed by atoms with van der Waals surface area (Å²) in [5.74, 6) is 0.537. The van der Waals surface area contributed by atoms with Gasteiger partial charge in [-0.05, 0) is 92.4 Å². The number of hydrogen-bond donors (Lipinski definition) is 0. The summed E-state index contributed by atoms with van der Waals surface area (Å²) in [4.78, 5) is 17.9. The van der Waals surface area contributed by atoms with Crippen molar-refractivity contribution < 1.29 is 27.6 Å². The van der Waals surface area contributed by atoms with Crippen molar-refractivity contribution in [3.05, 3.63) is 101 Å². The number of ketones is 1. The van der Waals surface area contributed by atoms with Crippen LogP contribution in [0.25, 0.3) is 17.2 Å². The molecule has 4 rings (SSSR count). The molecule has 46 heavy (non-hydrogen) atoms. The van der Waals surface area contributed by atoms with Crippen molar-refractivity contribution in [1.29, 1.82) is 0 Å². The largest absolute Gasteiger partial charge is 0.491 e. The van der Waals surface area contributed by atoms with Crippen LogP contribution < -0.4 is 9.47 Å².